The van der Waals surface area contributed by atoms with Crippen molar-refractivity contribution < 1.29 is 27.6 Å². The van der Waals surface area contributed by atoms with E-state index in [-0.39, 0.29) is 40.1 Å². The van der Waals surface area contributed by atoms with Gasteiger partial charge in [-0.05, 0) is 37.6 Å². The fourth-order valence-electron chi connectivity index (χ4n) is 3.88. The van der Waals surface area contributed by atoms with E-state index in [2.05, 4.69) is 25.2 Å². The molecule has 1 aliphatic rings. The number of rotatable bonds is 4. The first-order valence-electron chi connectivity index (χ1n) is 10.7. The molecule has 1 saturated heterocycles. The van der Waals surface area contributed by atoms with E-state index in [1.54, 1.807) is 22.7 Å². The summed E-state index contributed by atoms with van der Waals surface area (Å²) in [6.07, 6.45) is 2.56. The summed E-state index contributed by atoms with van der Waals surface area (Å²) in [4.78, 5) is 34.3. The van der Waals surface area contributed by atoms with Crippen molar-refractivity contribution in [3.05, 3.63) is 64.9 Å². The first-order chi connectivity index (χ1) is 16.8. The number of amides is 2. The number of aromatic nitrogens is 4. The smallest absolute Gasteiger partial charge is 0.409 e. The quantitative estimate of drug-likeness (QED) is 0.472. The number of carbonyl (C=O) groups is 2. The van der Waals surface area contributed by atoms with Crippen LogP contribution in [0.5, 0.6) is 0 Å². The third kappa shape index (κ3) is 3.86. The summed E-state index contributed by atoms with van der Waals surface area (Å²) in [6.45, 7) is 3.88. The minimum Gasteiger partial charge on any atom is -0.453 e. The topological polar surface area (TPSA) is 115 Å². The molecule has 0 spiro atoms. The standard InChI is InChI=1S/C23H20F2N6O4/c1-11-4-5-31-16(8-26-17(31)6-11)21(32)27-19-12(2)15(24)7-14(18(19)25)22-28-20(29-35-22)13-9-30(10-13)23(33)34-3/h4-8,13H,9-10H2,1-3H3,(H,27,32). The van der Waals surface area contributed by atoms with Crippen molar-refractivity contribution in [2.24, 2.45) is 0 Å². The second kappa shape index (κ2) is 8.46. The average Bonchev–Trinajstić information content (AvgIpc) is 3.45. The van der Waals surface area contributed by atoms with Crippen molar-refractivity contribution in [2.75, 3.05) is 25.5 Å². The molecule has 4 aromatic rings. The predicted octanol–water partition coefficient (Wildman–Crippen LogP) is 3.70. The van der Waals surface area contributed by atoms with Crippen molar-refractivity contribution in [2.45, 2.75) is 19.8 Å². The number of ether oxygens (including phenoxy) is 1. The molecule has 0 radical (unpaired) electrons. The van der Waals surface area contributed by atoms with E-state index in [1.165, 1.54) is 25.1 Å². The van der Waals surface area contributed by atoms with Gasteiger partial charge in [0.05, 0.1) is 30.5 Å². The molecule has 2 amide bonds. The summed E-state index contributed by atoms with van der Waals surface area (Å²) < 4.78 is 41.6. The number of hydrogen-bond acceptors (Lipinski definition) is 7. The molecule has 10 nitrogen and oxygen atoms in total. The van der Waals surface area contributed by atoms with E-state index >= 15 is 4.39 Å². The number of anilines is 1. The Labute approximate surface area is 197 Å². The Balaban J connectivity index is 1.42. The number of hydrogen-bond donors (Lipinski definition) is 1. The first kappa shape index (κ1) is 22.4. The molecule has 0 atom stereocenters. The summed E-state index contributed by atoms with van der Waals surface area (Å²) in [5.41, 5.74) is 0.951. The summed E-state index contributed by atoms with van der Waals surface area (Å²) in [5, 5.41) is 6.30. The minimum atomic E-state index is -0.915. The highest BCUT2D eigenvalue weighted by molar-refractivity contribution is 6.04. The largest absolute Gasteiger partial charge is 0.453 e. The zero-order valence-electron chi connectivity index (χ0n) is 19.0. The Hall–Kier alpha value is -4.35. The van der Waals surface area contributed by atoms with Gasteiger partial charge in [0.15, 0.2) is 11.6 Å². The van der Waals surface area contributed by atoms with Gasteiger partial charge in [0.2, 0.25) is 0 Å². The molecule has 5 rings (SSSR count). The molecule has 12 heteroatoms. The van der Waals surface area contributed by atoms with E-state index in [4.69, 9.17) is 4.52 Å². The summed E-state index contributed by atoms with van der Waals surface area (Å²) in [7, 11) is 1.28. The number of fused-ring (bicyclic) bond motifs is 1. The average molecular weight is 482 g/mol. The molecular formula is C23H20F2N6O4. The van der Waals surface area contributed by atoms with E-state index in [0.29, 0.717) is 18.7 Å². The van der Waals surface area contributed by atoms with Crippen molar-refractivity contribution in [1.29, 1.82) is 0 Å². The molecule has 1 aromatic carbocycles. The Kier molecular flexibility index (Phi) is 5.42. The minimum absolute atomic E-state index is 0.0864. The number of carbonyl (C=O) groups excluding carboxylic acids is 2. The maximum Gasteiger partial charge on any atom is 0.409 e. The number of halogens is 2. The SMILES string of the molecule is COC(=O)N1CC(c2noc(-c3cc(F)c(C)c(NC(=O)c4cnc5cc(C)ccn45)c3F)n2)C1. The fraction of sp³-hybridized carbons (Fsp3) is 0.261. The highest BCUT2D eigenvalue weighted by Crippen LogP contribution is 2.34. The zero-order chi connectivity index (χ0) is 24.9. The second-order valence-corrected chi connectivity index (χ2v) is 8.28. The van der Waals surface area contributed by atoms with Crippen molar-refractivity contribution in [3.8, 4) is 11.5 Å². The number of imidazole rings is 1. The third-order valence-electron chi connectivity index (χ3n) is 5.95. The number of nitrogens with one attached hydrogen (secondary N) is 1. The van der Waals surface area contributed by atoms with Gasteiger partial charge in [0.1, 0.15) is 17.2 Å². The Morgan fingerprint density at radius 1 is 1.23 bits per heavy atom. The number of nitrogens with zero attached hydrogens (tertiary/aromatic N) is 5. The van der Waals surface area contributed by atoms with Crippen LogP contribution in [0.3, 0.4) is 0 Å². The van der Waals surface area contributed by atoms with Gasteiger partial charge in [-0.25, -0.2) is 18.6 Å². The molecule has 0 aliphatic carbocycles. The Morgan fingerprint density at radius 3 is 2.74 bits per heavy atom. The molecule has 1 fully saturated rings. The Bertz CT molecular complexity index is 1470. The van der Waals surface area contributed by atoms with Gasteiger partial charge in [-0.15, -0.1) is 0 Å². The molecule has 0 bridgehead atoms. The van der Waals surface area contributed by atoms with Crippen LogP contribution in [0.2, 0.25) is 0 Å². The summed E-state index contributed by atoms with van der Waals surface area (Å²) in [6, 6.07) is 4.54. The van der Waals surface area contributed by atoms with Gasteiger partial charge < -0.3 is 19.5 Å². The lowest BCUT2D eigenvalue weighted by atomic mass is 10.0. The third-order valence-corrected chi connectivity index (χ3v) is 5.95. The molecule has 0 saturated carbocycles. The van der Waals surface area contributed by atoms with Crippen LogP contribution in [0.1, 0.15) is 33.4 Å². The van der Waals surface area contributed by atoms with Gasteiger partial charge in [-0.2, -0.15) is 4.98 Å². The molecule has 1 N–H and O–H groups in total. The number of methoxy groups -OCH3 is 1. The maximum atomic E-state index is 15.5. The van der Waals surface area contributed by atoms with E-state index in [0.717, 1.165) is 11.6 Å². The van der Waals surface area contributed by atoms with Crippen LogP contribution in [-0.2, 0) is 4.74 Å². The van der Waals surface area contributed by atoms with Crippen molar-refractivity contribution >= 4 is 23.3 Å². The molecule has 3 aromatic heterocycles. The highest BCUT2D eigenvalue weighted by atomic mass is 19.1. The summed E-state index contributed by atoms with van der Waals surface area (Å²) in [5.74, 6) is -2.54. The molecule has 35 heavy (non-hydrogen) atoms. The lowest BCUT2D eigenvalue weighted by Crippen LogP contribution is -2.48. The fourth-order valence-corrected chi connectivity index (χ4v) is 3.88. The lowest BCUT2D eigenvalue weighted by molar-refractivity contribution is 0.0857. The van der Waals surface area contributed by atoms with E-state index in [1.807, 2.05) is 6.92 Å². The monoisotopic (exact) mass is 482 g/mol. The normalized spacial score (nSPS) is 13.7. The van der Waals surface area contributed by atoms with Crippen LogP contribution in [0.25, 0.3) is 17.1 Å². The van der Waals surface area contributed by atoms with Crippen LogP contribution >= 0.6 is 0 Å². The molecule has 180 valence electrons. The van der Waals surface area contributed by atoms with Crippen LogP contribution in [-0.4, -0.2) is 56.6 Å². The number of aryl methyl sites for hydroxylation is 1. The van der Waals surface area contributed by atoms with Crippen LogP contribution in [0, 0.1) is 25.5 Å². The molecular weight excluding hydrogens is 462 g/mol. The number of likely N-dealkylation sites (tertiary alicyclic amines) is 1. The van der Waals surface area contributed by atoms with E-state index in [9.17, 15) is 14.0 Å². The van der Waals surface area contributed by atoms with Crippen molar-refractivity contribution in [3.63, 3.8) is 0 Å². The van der Waals surface area contributed by atoms with Gasteiger partial charge in [-0.1, -0.05) is 5.16 Å². The van der Waals surface area contributed by atoms with Crippen LogP contribution in [0.4, 0.5) is 19.3 Å². The van der Waals surface area contributed by atoms with Gasteiger partial charge >= 0.3 is 6.09 Å². The maximum absolute atomic E-state index is 15.5. The Morgan fingerprint density at radius 2 is 2.00 bits per heavy atom. The summed E-state index contributed by atoms with van der Waals surface area (Å²) >= 11 is 0. The second-order valence-electron chi connectivity index (χ2n) is 8.28. The van der Waals surface area contributed by atoms with Crippen LogP contribution in [0.15, 0.2) is 35.1 Å². The van der Waals surface area contributed by atoms with E-state index < -0.39 is 23.6 Å². The molecule has 0 unspecified atom stereocenters. The van der Waals surface area contributed by atoms with Crippen molar-refractivity contribution in [1.82, 2.24) is 24.4 Å². The zero-order valence-corrected chi connectivity index (χ0v) is 19.0. The van der Waals surface area contributed by atoms with Gasteiger partial charge in [0, 0.05) is 24.8 Å². The predicted molar refractivity (Wildman–Crippen MR) is 119 cm³/mol. The molecule has 1 aliphatic heterocycles. The van der Waals surface area contributed by atoms with Crippen LogP contribution < -0.4 is 5.32 Å². The molecule has 4 heterocycles. The lowest BCUT2D eigenvalue weighted by Gasteiger charge is -2.35. The number of pyridine rings is 1. The highest BCUT2D eigenvalue weighted by Gasteiger charge is 2.36. The first-order valence-corrected chi connectivity index (χ1v) is 10.7. The number of benzene rings is 1. The van der Waals surface area contributed by atoms with Gasteiger partial charge in [0.25, 0.3) is 11.8 Å². The van der Waals surface area contributed by atoms with Gasteiger partial charge in [-0.3, -0.25) is 9.20 Å².